The van der Waals surface area contributed by atoms with Crippen LogP contribution in [-0.4, -0.2) is 31.9 Å². The molecular formula is C29H44O5S. The third kappa shape index (κ3) is 13.0. The molecule has 0 atom stereocenters. The molecule has 0 aliphatic carbocycles. The van der Waals surface area contributed by atoms with Crippen molar-refractivity contribution < 1.29 is 22.4 Å². The first-order valence-electron chi connectivity index (χ1n) is 13.4. The Kier molecular flexibility index (Phi) is 14.5. The van der Waals surface area contributed by atoms with E-state index in [2.05, 4.69) is 19.1 Å². The standard InChI is InChI=1S/C29H44O5S/c1-2-3-4-9-15-23-33-27-21-18-22-28(29(27)26-19-13-12-14-20-26)34-24-16-10-7-5-6-8-11-17-25-35(30,31)32/h12-14,18-22H,2-11,15-17,23-25H2,1H3,(H,30,31,32). The molecule has 2 aromatic carbocycles. The molecule has 35 heavy (non-hydrogen) atoms. The fraction of sp³-hybridized carbons (Fsp3) is 0.586. The van der Waals surface area contributed by atoms with Crippen molar-refractivity contribution in [2.75, 3.05) is 19.0 Å². The molecule has 196 valence electrons. The highest BCUT2D eigenvalue weighted by Gasteiger charge is 2.13. The van der Waals surface area contributed by atoms with Gasteiger partial charge in [-0.1, -0.05) is 108 Å². The minimum Gasteiger partial charge on any atom is -0.493 e. The van der Waals surface area contributed by atoms with Crippen LogP contribution in [0.4, 0.5) is 0 Å². The molecular weight excluding hydrogens is 460 g/mol. The first-order chi connectivity index (χ1) is 17.0. The van der Waals surface area contributed by atoms with Gasteiger partial charge in [-0.3, -0.25) is 4.55 Å². The Morgan fingerprint density at radius 1 is 0.629 bits per heavy atom. The van der Waals surface area contributed by atoms with E-state index in [9.17, 15) is 8.42 Å². The molecule has 0 saturated heterocycles. The van der Waals surface area contributed by atoms with E-state index in [0.717, 1.165) is 80.6 Å². The van der Waals surface area contributed by atoms with Crippen LogP contribution in [0.3, 0.4) is 0 Å². The van der Waals surface area contributed by atoms with Gasteiger partial charge in [0.2, 0.25) is 0 Å². The highest BCUT2D eigenvalue weighted by Crippen LogP contribution is 2.38. The molecule has 2 rings (SSSR count). The zero-order valence-corrected chi connectivity index (χ0v) is 22.2. The maximum absolute atomic E-state index is 10.7. The summed E-state index contributed by atoms with van der Waals surface area (Å²) in [6, 6.07) is 16.4. The summed E-state index contributed by atoms with van der Waals surface area (Å²) in [6.45, 7) is 3.63. The Bertz CT molecular complexity index is 912. The van der Waals surface area contributed by atoms with Crippen molar-refractivity contribution in [2.24, 2.45) is 0 Å². The first-order valence-corrected chi connectivity index (χ1v) is 15.0. The quantitative estimate of drug-likeness (QED) is 0.146. The molecule has 0 aliphatic rings. The molecule has 1 N–H and O–H groups in total. The largest absolute Gasteiger partial charge is 0.493 e. The summed E-state index contributed by atoms with van der Waals surface area (Å²) >= 11 is 0. The van der Waals surface area contributed by atoms with Gasteiger partial charge in [-0.25, -0.2) is 0 Å². The van der Waals surface area contributed by atoms with Gasteiger partial charge in [0.05, 0.1) is 24.5 Å². The number of rotatable bonds is 20. The van der Waals surface area contributed by atoms with E-state index in [4.69, 9.17) is 14.0 Å². The zero-order chi connectivity index (χ0) is 25.2. The predicted octanol–water partition coefficient (Wildman–Crippen LogP) is 8.09. The van der Waals surface area contributed by atoms with Crippen LogP contribution in [0, 0.1) is 0 Å². The average Bonchev–Trinajstić information content (AvgIpc) is 2.84. The molecule has 0 radical (unpaired) electrons. The van der Waals surface area contributed by atoms with Crippen LogP contribution in [0.1, 0.15) is 90.4 Å². The Morgan fingerprint density at radius 2 is 1.11 bits per heavy atom. The number of unbranched alkanes of at least 4 members (excludes halogenated alkanes) is 11. The Morgan fingerprint density at radius 3 is 1.63 bits per heavy atom. The monoisotopic (exact) mass is 504 g/mol. The summed E-state index contributed by atoms with van der Waals surface area (Å²) in [5.41, 5.74) is 2.14. The van der Waals surface area contributed by atoms with Crippen LogP contribution < -0.4 is 9.47 Å². The minimum absolute atomic E-state index is 0.124. The van der Waals surface area contributed by atoms with Crippen LogP contribution in [0.5, 0.6) is 11.5 Å². The Balaban J connectivity index is 1.76. The summed E-state index contributed by atoms with van der Waals surface area (Å²) in [5.74, 6) is 1.64. The van der Waals surface area contributed by atoms with E-state index >= 15 is 0 Å². The average molecular weight is 505 g/mol. The minimum atomic E-state index is -3.81. The number of hydrogen-bond donors (Lipinski definition) is 1. The van der Waals surface area contributed by atoms with Crippen molar-refractivity contribution in [3.63, 3.8) is 0 Å². The van der Waals surface area contributed by atoms with Crippen molar-refractivity contribution >= 4 is 10.1 Å². The van der Waals surface area contributed by atoms with Crippen LogP contribution >= 0.6 is 0 Å². The molecule has 0 unspecified atom stereocenters. The van der Waals surface area contributed by atoms with Crippen molar-refractivity contribution in [3.05, 3.63) is 48.5 Å². The van der Waals surface area contributed by atoms with E-state index in [0.29, 0.717) is 13.0 Å². The molecule has 0 aromatic heterocycles. The van der Waals surface area contributed by atoms with Gasteiger partial charge in [-0.2, -0.15) is 8.42 Å². The second-order valence-corrected chi connectivity index (χ2v) is 10.8. The summed E-state index contributed by atoms with van der Waals surface area (Å²) in [5, 5.41) is 0. The van der Waals surface area contributed by atoms with Crippen molar-refractivity contribution in [1.82, 2.24) is 0 Å². The SMILES string of the molecule is CCCCCCCOc1cccc(OCCCCCCCCCCS(=O)(=O)O)c1-c1ccccc1. The lowest BCUT2D eigenvalue weighted by Gasteiger charge is -2.17. The fourth-order valence-electron chi connectivity index (χ4n) is 4.16. The lowest BCUT2D eigenvalue weighted by molar-refractivity contribution is 0.292. The van der Waals surface area contributed by atoms with Gasteiger partial charge in [-0.05, 0) is 37.0 Å². The van der Waals surface area contributed by atoms with Crippen molar-refractivity contribution in [3.8, 4) is 22.6 Å². The first kappa shape index (κ1) is 29.2. The highest BCUT2D eigenvalue weighted by molar-refractivity contribution is 7.85. The van der Waals surface area contributed by atoms with Gasteiger partial charge >= 0.3 is 0 Å². The van der Waals surface area contributed by atoms with E-state index in [1.165, 1.54) is 25.7 Å². The molecule has 0 aliphatic heterocycles. The van der Waals surface area contributed by atoms with Crippen LogP contribution in [0.2, 0.25) is 0 Å². The van der Waals surface area contributed by atoms with Crippen molar-refractivity contribution in [2.45, 2.75) is 90.4 Å². The highest BCUT2D eigenvalue weighted by atomic mass is 32.2. The molecule has 0 saturated carbocycles. The van der Waals surface area contributed by atoms with Gasteiger partial charge < -0.3 is 9.47 Å². The van der Waals surface area contributed by atoms with Gasteiger partial charge in [0.25, 0.3) is 10.1 Å². The topological polar surface area (TPSA) is 72.8 Å². The lowest BCUT2D eigenvalue weighted by atomic mass is 10.0. The fourth-order valence-corrected chi connectivity index (χ4v) is 4.73. The van der Waals surface area contributed by atoms with Crippen molar-refractivity contribution in [1.29, 1.82) is 0 Å². The zero-order valence-electron chi connectivity index (χ0n) is 21.4. The number of benzene rings is 2. The second-order valence-electron chi connectivity index (χ2n) is 9.22. The number of ether oxygens (including phenoxy) is 2. The molecule has 0 fully saturated rings. The van der Waals surface area contributed by atoms with E-state index in [-0.39, 0.29) is 5.75 Å². The summed E-state index contributed by atoms with van der Waals surface area (Å²) in [6.07, 6.45) is 14.0. The molecule has 2 aromatic rings. The molecule has 0 amide bonds. The third-order valence-electron chi connectivity index (χ3n) is 6.11. The summed E-state index contributed by atoms with van der Waals surface area (Å²) < 4.78 is 42.6. The van der Waals surface area contributed by atoms with E-state index < -0.39 is 10.1 Å². The third-order valence-corrected chi connectivity index (χ3v) is 6.91. The van der Waals surface area contributed by atoms with Crippen LogP contribution in [-0.2, 0) is 10.1 Å². The van der Waals surface area contributed by atoms with Gasteiger partial charge in [0.1, 0.15) is 11.5 Å². The van der Waals surface area contributed by atoms with Gasteiger partial charge in [0, 0.05) is 0 Å². The van der Waals surface area contributed by atoms with E-state index in [1.54, 1.807) is 0 Å². The predicted molar refractivity (Wildman–Crippen MR) is 145 cm³/mol. The maximum Gasteiger partial charge on any atom is 0.264 e. The second kappa shape index (κ2) is 17.4. The van der Waals surface area contributed by atoms with Crippen LogP contribution in [0.15, 0.2) is 48.5 Å². The molecule has 0 bridgehead atoms. The number of hydrogen-bond acceptors (Lipinski definition) is 4. The van der Waals surface area contributed by atoms with Crippen LogP contribution in [0.25, 0.3) is 11.1 Å². The normalized spacial score (nSPS) is 11.5. The lowest BCUT2D eigenvalue weighted by Crippen LogP contribution is -2.03. The Labute approximate surface area is 213 Å². The summed E-state index contributed by atoms with van der Waals surface area (Å²) in [7, 11) is -3.81. The van der Waals surface area contributed by atoms with Gasteiger partial charge in [0.15, 0.2) is 0 Å². The van der Waals surface area contributed by atoms with E-state index in [1.807, 2.05) is 36.4 Å². The molecule has 0 spiro atoms. The maximum atomic E-state index is 10.7. The van der Waals surface area contributed by atoms with Gasteiger partial charge in [-0.15, -0.1) is 0 Å². The summed E-state index contributed by atoms with van der Waals surface area (Å²) in [4.78, 5) is 0. The molecule has 5 nitrogen and oxygen atoms in total. The Hall–Kier alpha value is -2.05. The molecule has 0 heterocycles. The molecule has 6 heteroatoms. The smallest absolute Gasteiger partial charge is 0.264 e.